The lowest BCUT2D eigenvalue weighted by molar-refractivity contribution is 1.28. The Morgan fingerprint density at radius 2 is 0.585 bits per heavy atom. The van der Waals surface area contributed by atoms with Crippen LogP contribution in [-0.4, -0.2) is 0 Å². The zero-order valence-corrected chi connectivity index (χ0v) is 29.2. The molecule has 248 valence electrons. The predicted molar refractivity (Wildman–Crippen MR) is 227 cm³/mol. The van der Waals surface area contributed by atoms with E-state index >= 15 is 0 Å². The van der Waals surface area contributed by atoms with Crippen LogP contribution in [0.25, 0.3) is 76.5 Å². The molecule has 10 rings (SSSR count). The molecule has 0 bridgehead atoms. The fourth-order valence-corrected chi connectivity index (χ4v) is 8.05. The van der Waals surface area contributed by atoms with Crippen LogP contribution in [-0.2, 0) is 0 Å². The van der Waals surface area contributed by atoms with E-state index in [1.165, 1.54) is 76.5 Å². The average molecular weight is 674 g/mol. The molecule has 0 N–H and O–H groups in total. The Bertz CT molecular complexity index is 2740. The van der Waals surface area contributed by atoms with Crippen molar-refractivity contribution in [2.75, 3.05) is 4.90 Å². The summed E-state index contributed by atoms with van der Waals surface area (Å²) in [6.07, 6.45) is 0. The fourth-order valence-electron chi connectivity index (χ4n) is 8.05. The van der Waals surface area contributed by atoms with Crippen molar-refractivity contribution in [2.45, 2.75) is 0 Å². The standard InChI is InChI=1S/C52H35N/c1-2-10-36(11-3-1)37-20-28-42(29-21-37)53(43-30-22-40(23-31-43)47-16-8-18-49-45-14-6-4-12-38(45)26-34-51(47)49)44-32-24-41(25-33-44)48-17-9-19-50-46-15-7-5-13-39(46)27-35-52(48)50/h1-35H. The Balaban J connectivity index is 1.05. The van der Waals surface area contributed by atoms with Crippen LogP contribution < -0.4 is 4.90 Å². The highest BCUT2D eigenvalue weighted by atomic mass is 15.1. The van der Waals surface area contributed by atoms with Crippen molar-refractivity contribution in [1.82, 2.24) is 0 Å². The molecule has 0 saturated heterocycles. The Morgan fingerprint density at radius 3 is 1.06 bits per heavy atom. The minimum Gasteiger partial charge on any atom is -0.311 e. The van der Waals surface area contributed by atoms with Gasteiger partial charge in [0.25, 0.3) is 0 Å². The van der Waals surface area contributed by atoms with Gasteiger partial charge >= 0.3 is 0 Å². The van der Waals surface area contributed by atoms with Gasteiger partial charge in [0.15, 0.2) is 0 Å². The molecule has 0 spiro atoms. The van der Waals surface area contributed by atoms with Gasteiger partial charge in [-0.25, -0.2) is 0 Å². The van der Waals surface area contributed by atoms with Crippen molar-refractivity contribution in [3.05, 3.63) is 212 Å². The molecule has 0 amide bonds. The third-order valence-corrected chi connectivity index (χ3v) is 10.7. The number of hydrogen-bond acceptors (Lipinski definition) is 1. The SMILES string of the molecule is c1ccc(-c2ccc(N(c3ccc(-c4cccc5c4ccc4ccccc45)cc3)c3ccc(-c4cccc5c4ccc4ccccc45)cc3)cc2)cc1. The molecule has 0 unspecified atom stereocenters. The van der Waals surface area contributed by atoms with E-state index in [1.54, 1.807) is 0 Å². The lowest BCUT2D eigenvalue weighted by Gasteiger charge is -2.26. The van der Waals surface area contributed by atoms with Crippen molar-refractivity contribution in [2.24, 2.45) is 0 Å². The summed E-state index contributed by atoms with van der Waals surface area (Å²) in [5.74, 6) is 0. The van der Waals surface area contributed by atoms with Gasteiger partial charge in [-0.2, -0.15) is 0 Å². The van der Waals surface area contributed by atoms with Crippen molar-refractivity contribution < 1.29 is 0 Å². The first kappa shape index (κ1) is 30.8. The summed E-state index contributed by atoms with van der Waals surface area (Å²) in [7, 11) is 0. The van der Waals surface area contributed by atoms with Gasteiger partial charge in [0.1, 0.15) is 0 Å². The first-order valence-electron chi connectivity index (χ1n) is 18.3. The molecule has 0 aliphatic heterocycles. The number of anilines is 3. The van der Waals surface area contributed by atoms with Crippen LogP contribution >= 0.6 is 0 Å². The van der Waals surface area contributed by atoms with Gasteiger partial charge in [0.05, 0.1) is 0 Å². The molecule has 0 fully saturated rings. The first-order valence-corrected chi connectivity index (χ1v) is 18.3. The Morgan fingerprint density at radius 1 is 0.208 bits per heavy atom. The van der Waals surface area contributed by atoms with Crippen LogP contribution in [0.5, 0.6) is 0 Å². The Hall–Kier alpha value is -6.96. The summed E-state index contributed by atoms with van der Waals surface area (Å²) in [5.41, 5.74) is 10.6. The molecule has 0 saturated carbocycles. The van der Waals surface area contributed by atoms with Gasteiger partial charge in [-0.3, -0.25) is 0 Å². The number of nitrogens with zero attached hydrogens (tertiary/aromatic N) is 1. The van der Waals surface area contributed by atoms with E-state index < -0.39 is 0 Å². The van der Waals surface area contributed by atoms with Crippen LogP contribution in [0.15, 0.2) is 212 Å². The zero-order chi connectivity index (χ0) is 35.1. The largest absolute Gasteiger partial charge is 0.311 e. The molecule has 53 heavy (non-hydrogen) atoms. The van der Waals surface area contributed by atoms with Crippen molar-refractivity contribution in [1.29, 1.82) is 0 Å². The normalized spacial score (nSPS) is 11.4. The zero-order valence-electron chi connectivity index (χ0n) is 29.2. The smallest absolute Gasteiger partial charge is 0.0462 e. The number of fused-ring (bicyclic) bond motifs is 6. The fraction of sp³-hybridized carbons (Fsp3) is 0. The third kappa shape index (κ3) is 5.51. The number of benzene rings is 10. The summed E-state index contributed by atoms with van der Waals surface area (Å²) in [5, 5.41) is 10.2. The van der Waals surface area contributed by atoms with Crippen LogP contribution in [0, 0.1) is 0 Å². The predicted octanol–water partition coefficient (Wildman–Crippen LogP) is 14.8. The lowest BCUT2D eigenvalue weighted by Crippen LogP contribution is -2.09. The maximum Gasteiger partial charge on any atom is 0.0462 e. The molecule has 1 heteroatoms. The van der Waals surface area contributed by atoms with E-state index in [1.807, 2.05) is 0 Å². The van der Waals surface area contributed by atoms with E-state index in [-0.39, 0.29) is 0 Å². The van der Waals surface area contributed by atoms with Crippen molar-refractivity contribution >= 4 is 60.2 Å². The van der Waals surface area contributed by atoms with Crippen LogP contribution in [0.3, 0.4) is 0 Å². The van der Waals surface area contributed by atoms with Gasteiger partial charge in [0, 0.05) is 17.1 Å². The van der Waals surface area contributed by atoms with Gasteiger partial charge in [0.2, 0.25) is 0 Å². The van der Waals surface area contributed by atoms with Gasteiger partial charge in [-0.05, 0) is 113 Å². The quantitative estimate of drug-likeness (QED) is 0.159. The molecule has 0 aliphatic carbocycles. The highest BCUT2D eigenvalue weighted by Crippen LogP contribution is 2.40. The molecule has 0 radical (unpaired) electrons. The van der Waals surface area contributed by atoms with E-state index in [4.69, 9.17) is 0 Å². The van der Waals surface area contributed by atoms with E-state index in [0.717, 1.165) is 17.1 Å². The third-order valence-electron chi connectivity index (χ3n) is 10.7. The number of rotatable bonds is 6. The van der Waals surface area contributed by atoms with E-state index in [9.17, 15) is 0 Å². The van der Waals surface area contributed by atoms with Crippen molar-refractivity contribution in [3.63, 3.8) is 0 Å². The Labute approximate surface area is 309 Å². The van der Waals surface area contributed by atoms with E-state index in [0.29, 0.717) is 0 Å². The maximum atomic E-state index is 2.36. The molecule has 10 aromatic rings. The van der Waals surface area contributed by atoms with Crippen LogP contribution in [0.2, 0.25) is 0 Å². The summed E-state index contributed by atoms with van der Waals surface area (Å²) in [6.45, 7) is 0. The molecule has 1 nitrogen and oxygen atoms in total. The molecular formula is C52H35N. The van der Waals surface area contributed by atoms with Gasteiger partial charge in [-0.15, -0.1) is 0 Å². The maximum absolute atomic E-state index is 2.36. The summed E-state index contributed by atoms with van der Waals surface area (Å²) in [4.78, 5) is 2.36. The molecule has 0 atom stereocenters. The lowest BCUT2D eigenvalue weighted by atomic mass is 9.94. The second-order valence-electron chi connectivity index (χ2n) is 13.7. The van der Waals surface area contributed by atoms with E-state index in [2.05, 4.69) is 217 Å². The highest BCUT2D eigenvalue weighted by Gasteiger charge is 2.15. The minimum absolute atomic E-state index is 1.11. The average Bonchev–Trinajstić information content (AvgIpc) is 3.24. The second kappa shape index (κ2) is 13.0. The molecule has 0 heterocycles. The minimum atomic E-state index is 1.11. The highest BCUT2D eigenvalue weighted by molar-refractivity contribution is 6.13. The van der Waals surface area contributed by atoms with Gasteiger partial charge in [-0.1, -0.05) is 176 Å². The monoisotopic (exact) mass is 673 g/mol. The second-order valence-corrected chi connectivity index (χ2v) is 13.7. The van der Waals surface area contributed by atoms with Crippen molar-refractivity contribution in [3.8, 4) is 33.4 Å². The summed E-state index contributed by atoms with van der Waals surface area (Å²) >= 11 is 0. The molecular weight excluding hydrogens is 639 g/mol. The summed E-state index contributed by atoms with van der Waals surface area (Å²) in [6, 6.07) is 77.1. The molecule has 10 aromatic carbocycles. The topological polar surface area (TPSA) is 3.24 Å². The van der Waals surface area contributed by atoms with Gasteiger partial charge < -0.3 is 4.90 Å². The molecule has 0 aliphatic rings. The summed E-state index contributed by atoms with van der Waals surface area (Å²) < 4.78 is 0. The first-order chi connectivity index (χ1) is 26.3. The number of hydrogen-bond donors (Lipinski definition) is 0. The van der Waals surface area contributed by atoms with Crippen LogP contribution in [0.4, 0.5) is 17.1 Å². The van der Waals surface area contributed by atoms with Crippen LogP contribution in [0.1, 0.15) is 0 Å². The Kier molecular flexibility index (Phi) is 7.55. The molecule has 0 aromatic heterocycles.